The topological polar surface area (TPSA) is 45.8 Å². The van der Waals surface area contributed by atoms with Crippen LogP contribution in [0.1, 0.15) is 18.2 Å². The first-order valence-electron chi connectivity index (χ1n) is 5.58. The number of nitrogens with zero attached hydrogens (tertiary/aromatic N) is 1. The lowest BCUT2D eigenvalue weighted by atomic mass is 10.1. The van der Waals surface area contributed by atoms with E-state index in [4.69, 9.17) is 11.6 Å². The molecular weight excluding hydrogens is 255 g/mol. The maximum Gasteiger partial charge on any atom is 0.254 e. The van der Waals surface area contributed by atoms with E-state index in [1.165, 1.54) is 12.1 Å². The number of hydrogen-bond acceptors (Lipinski definition) is 2. The van der Waals surface area contributed by atoms with Crippen molar-refractivity contribution in [1.29, 1.82) is 0 Å². The number of aryl methyl sites for hydroxylation is 1. The molecule has 2 aromatic rings. The molecule has 1 aromatic heterocycles. The minimum absolute atomic E-state index is 0.0444. The van der Waals surface area contributed by atoms with Crippen molar-refractivity contribution in [2.45, 2.75) is 20.3 Å². The SMILES string of the molecule is CCc1c(C)nc(-c2ccc(Cl)c(F)c2)[nH]c1=O. The summed E-state index contributed by atoms with van der Waals surface area (Å²) in [5.74, 6) is -0.181. The maximum atomic E-state index is 13.4. The first-order valence-corrected chi connectivity index (χ1v) is 5.96. The van der Waals surface area contributed by atoms with Crippen molar-refractivity contribution in [3.63, 3.8) is 0 Å². The zero-order chi connectivity index (χ0) is 13.3. The molecular formula is C13H12ClFN2O. The van der Waals surface area contributed by atoms with Gasteiger partial charge in [-0.1, -0.05) is 18.5 Å². The van der Waals surface area contributed by atoms with E-state index in [9.17, 15) is 9.18 Å². The molecule has 0 fully saturated rings. The largest absolute Gasteiger partial charge is 0.306 e. The second-order valence-corrected chi connectivity index (χ2v) is 4.37. The third-order valence-corrected chi connectivity index (χ3v) is 3.08. The average molecular weight is 267 g/mol. The van der Waals surface area contributed by atoms with Crippen molar-refractivity contribution in [2.24, 2.45) is 0 Å². The van der Waals surface area contributed by atoms with Crippen molar-refractivity contribution in [2.75, 3.05) is 0 Å². The van der Waals surface area contributed by atoms with Gasteiger partial charge in [0.05, 0.1) is 5.02 Å². The van der Waals surface area contributed by atoms with Crippen LogP contribution in [0.15, 0.2) is 23.0 Å². The molecule has 5 heteroatoms. The lowest BCUT2D eigenvalue weighted by molar-refractivity contribution is 0.628. The van der Waals surface area contributed by atoms with Crippen molar-refractivity contribution in [1.82, 2.24) is 9.97 Å². The van der Waals surface area contributed by atoms with Gasteiger partial charge in [0, 0.05) is 16.8 Å². The molecule has 0 bridgehead atoms. The lowest BCUT2D eigenvalue weighted by Crippen LogP contribution is -2.16. The number of halogens is 2. The highest BCUT2D eigenvalue weighted by molar-refractivity contribution is 6.30. The van der Waals surface area contributed by atoms with Crippen molar-refractivity contribution < 1.29 is 4.39 Å². The molecule has 0 atom stereocenters. The Balaban J connectivity index is 2.58. The van der Waals surface area contributed by atoms with Gasteiger partial charge in [0.1, 0.15) is 11.6 Å². The third-order valence-electron chi connectivity index (χ3n) is 2.77. The van der Waals surface area contributed by atoms with Crippen LogP contribution in [0.2, 0.25) is 5.02 Å². The summed E-state index contributed by atoms with van der Waals surface area (Å²) >= 11 is 5.61. The Morgan fingerprint density at radius 1 is 1.44 bits per heavy atom. The van der Waals surface area contributed by atoms with Crippen LogP contribution in [0.4, 0.5) is 4.39 Å². The van der Waals surface area contributed by atoms with Gasteiger partial charge in [-0.15, -0.1) is 0 Å². The molecule has 1 N–H and O–H groups in total. The minimum atomic E-state index is -0.533. The number of H-pyrrole nitrogens is 1. The van der Waals surface area contributed by atoms with Gasteiger partial charge in [0.2, 0.25) is 0 Å². The van der Waals surface area contributed by atoms with Crippen molar-refractivity contribution in [3.8, 4) is 11.4 Å². The summed E-state index contributed by atoms with van der Waals surface area (Å²) in [7, 11) is 0. The van der Waals surface area contributed by atoms with Crippen LogP contribution in [-0.4, -0.2) is 9.97 Å². The van der Waals surface area contributed by atoms with Gasteiger partial charge in [-0.05, 0) is 31.5 Å². The van der Waals surface area contributed by atoms with Crippen LogP contribution in [-0.2, 0) is 6.42 Å². The molecule has 3 nitrogen and oxygen atoms in total. The quantitative estimate of drug-likeness (QED) is 0.908. The van der Waals surface area contributed by atoms with Gasteiger partial charge in [-0.2, -0.15) is 0 Å². The molecule has 0 aliphatic carbocycles. The molecule has 2 rings (SSSR count). The molecule has 0 radical (unpaired) electrons. The van der Waals surface area contributed by atoms with Gasteiger partial charge < -0.3 is 4.98 Å². The normalized spacial score (nSPS) is 10.7. The molecule has 0 saturated carbocycles. The molecule has 0 aliphatic heterocycles. The van der Waals surface area contributed by atoms with Crippen LogP contribution in [0.5, 0.6) is 0 Å². The zero-order valence-corrected chi connectivity index (χ0v) is 10.8. The van der Waals surface area contributed by atoms with Gasteiger partial charge >= 0.3 is 0 Å². The van der Waals surface area contributed by atoms with E-state index in [1.54, 1.807) is 13.0 Å². The smallest absolute Gasteiger partial charge is 0.254 e. The summed E-state index contributed by atoms with van der Waals surface area (Å²) in [5.41, 5.74) is 1.62. The molecule has 1 heterocycles. The Hall–Kier alpha value is -1.68. The van der Waals surface area contributed by atoms with Crippen LogP contribution in [0, 0.1) is 12.7 Å². The summed E-state index contributed by atoms with van der Waals surface area (Å²) in [4.78, 5) is 18.7. The minimum Gasteiger partial charge on any atom is -0.306 e. The molecule has 0 saturated heterocycles. The highest BCUT2D eigenvalue weighted by Gasteiger charge is 2.09. The molecule has 18 heavy (non-hydrogen) atoms. The fraction of sp³-hybridized carbons (Fsp3) is 0.231. The van der Waals surface area contributed by atoms with Crippen LogP contribution < -0.4 is 5.56 Å². The van der Waals surface area contributed by atoms with E-state index in [1.807, 2.05) is 6.92 Å². The highest BCUT2D eigenvalue weighted by atomic mass is 35.5. The van der Waals surface area contributed by atoms with E-state index in [-0.39, 0.29) is 10.6 Å². The number of benzene rings is 1. The number of hydrogen-bond donors (Lipinski definition) is 1. The molecule has 0 aliphatic rings. The summed E-state index contributed by atoms with van der Waals surface area (Å²) in [6.07, 6.45) is 0.615. The van der Waals surface area contributed by atoms with E-state index >= 15 is 0 Å². The predicted molar refractivity (Wildman–Crippen MR) is 69.4 cm³/mol. The molecule has 94 valence electrons. The predicted octanol–water partition coefficient (Wildman–Crippen LogP) is 3.10. The maximum absolute atomic E-state index is 13.4. The van der Waals surface area contributed by atoms with Crippen LogP contribution in [0.25, 0.3) is 11.4 Å². The first kappa shape index (κ1) is 12.8. The zero-order valence-electron chi connectivity index (χ0n) is 10.1. The van der Waals surface area contributed by atoms with Gasteiger partial charge in [-0.3, -0.25) is 4.79 Å². The Morgan fingerprint density at radius 2 is 2.17 bits per heavy atom. The fourth-order valence-corrected chi connectivity index (χ4v) is 1.92. The summed E-state index contributed by atoms with van der Waals surface area (Å²) in [6, 6.07) is 4.32. The highest BCUT2D eigenvalue weighted by Crippen LogP contribution is 2.21. The van der Waals surface area contributed by atoms with Gasteiger partial charge in [-0.25, -0.2) is 9.37 Å². The Labute approximate surface area is 109 Å². The van der Waals surface area contributed by atoms with Gasteiger partial charge in [0.15, 0.2) is 0 Å². The first-order chi connectivity index (χ1) is 8.52. The summed E-state index contributed by atoms with van der Waals surface area (Å²) in [5, 5.41) is 0.0444. The van der Waals surface area contributed by atoms with Crippen LogP contribution in [0.3, 0.4) is 0 Å². The molecule has 0 amide bonds. The third kappa shape index (κ3) is 2.29. The Bertz CT molecular complexity index is 652. The summed E-state index contributed by atoms with van der Waals surface area (Å²) in [6.45, 7) is 3.66. The number of rotatable bonds is 2. The fourth-order valence-electron chi connectivity index (χ4n) is 1.81. The Morgan fingerprint density at radius 3 is 2.72 bits per heavy atom. The summed E-state index contributed by atoms with van der Waals surface area (Å²) < 4.78 is 13.4. The second kappa shape index (κ2) is 4.90. The standard InChI is InChI=1S/C13H12ClFN2O/c1-3-9-7(2)16-12(17-13(9)18)8-4-5-10(14)11(15)6-8/h4-6H,3H2,1-2H3,(H,16,17,18). The molecule has 0 spiro atoms. The average Bonchev–Trinajstić information content (AvgIpc) is 2.32. The van der Waals surface area contributed by atoms with Gasteiger partial charge in [0.25, 0.3) is 5.56 Å². The van der Waals surface area contributed by atoms with E-state index in [2.05, 4.69) is 9.97 Å². The second-order valence-electron chi connectivity index (χ2n) is 3.96. The van der Waals surface area contributed by atoms with Crippen molar-refractivity contribution >= 4 is 11.6 Å². The Kier molecular flexibility index (Phi) is 3.48. The molecule has 0 unspecified atom stereocenters. The number of aromatic nitrogens is 2. The number of aromatic amines is 1. The lowest BCUT2D eigenvalue weighted by Gasteiger charge is -2.06. The molecule has 1 aromatic carbocycles. The van der Waals surface area contributed by atoms with E-state index in [0.717, 1.165) is 0 Å². The number of nitrogens with one attached hydrogen (secondary N) is 1. The monoisotopic (exact) mass is 266 g/mol. The van der Waals surface area contributed by atoms with E-state index < -0.39 is 5.82 Å². The van der Waals surface area contributed by atoms with Crippen molar-refractivity contribution in [3.05, 3.63) is 50.7 Å². The van der Waals surface area contributed by atoms with Crippen LogP contribution >= 0.6 is 11.6 Å². The van der Waals surface area contributed by atoms with E-state index in [0.29, 0.717) is 29.1 Å².